The maximum Gasteiger partial charge on any atom is 0.194 e. The lowest BCUT2D eigenvalue weighted by Gasteiger charge is -2.33. The van der Waals surface area contributed by atoms with Gasteiger partial charge in [0.05, 0.1) is 0 Å². The van der Waals surface area contributed by atoms with Gasteiger partial charge >= 0.3 is 0 Å². The van der Waals surface area contributed by atoms with Crippen molar-refractivity contribution >= 4 is 44.2 Å². The second-order valence-corrected chi connectivity index (χ2v) is 10.1. The van der Waals surface area contributed by atoms with E-state index in [-0.39, 0.29) is 11.7 Å². The molecule has 0 amide bonds. The van der Waals surface area contributed by atoms with E-state index in [4.69, 9.17) is 0 Å². The van der Waals surface area contributed by atoms with Crippen molar-refractivity contribution in [2.24, 2.45) is 0 Å². The van der Waals surface area contributed by atoms with Crippen LogP contribution in [0.15, 0.2) is 91.0 Å². The van der Waals surface area contributed by atoms with Crippen LogP contribution >= 0.6 is 0 Å². The van der Waals surface area contributed by atoms with E-state index in [1.54, 1.807) is 0 Å². The smallest absolute Gasteiger partial charge is 0.194 e. The molecule has 1 atom stereocenters. The van der Waals surface area contributed by atoms with Gasteiger partial charge < -0.3 is 5.11 Å². The first-order valence-corrected chi connectivity index (χ1v) is 12.3. The third-order valence-electron chi connectivity index (χ3n) is 8.53. The van der Waals surface area contributed by atoms with Crippen molar-refractivity contribution in [3.63, 3.8) is 0 Å². The van der Waals surface area contributed by atoms with Crippen LogP contribution in [0.2, 0.25) is 0 Å². The first-order valence-electron chi connectivity index (χ1n) is 12.3. The summed E-state index contributed by atoms with van der Waals surface area (Å²) in [6, 6.07) is 29.1. The molecule has 166 valence electrons. The molecular formula is C34H18O2. The van der Waals surface area contributed by atoms with E-state index < -0.39 is 0 Å². The molecule has 1 N–H and O–H groups in total. The second kappa shape index (κ2) is 6.10. The van der Waals surface area contributed by atoms with Crippen molar-refractivity contribution in [2.75, 3.05) is 0 Å². The first-order chi connectivity index (χ1) is 17.7. The van der Waals surface area contributed by atoms with Crippen LogP contribution in [0.5, 0.6) is 5.75 Å². The molecule has 36 heavy (non-hydrogen) atoms. The van der Waals surface area contributed by atoms with Gasteiger partial charge in [-0.15, -0.1) is 0 Å². The van der Waals surface area contributed by atoms with Gasteiger partial charge in [0.15, 0.2) is 5.78 Å². The highest BCUT2D eigenvalue weighted by molar-refractivity contribution is 6.29. The number of phenols is 1. The molecule has 0 aliphatic heterocycles. The summed E-state index contributed by atoms with van der Waals surface area (Å²) in [5.41, 5.74) is 9.45. The Kier molecular flexibility index (Phi) is 3.16. The standard InChI is InChI=1S/C34H18O2/c35-33-25-7-3-1-5-17(25)19-9-11-21-24-14-16-28-32-20(18-6-2-4-8-26(18)34(28)36)10-12-22(30(24)32)23-13-15-27(33)31(19)29(21)23/h1-16,23,35H. The number of ketones is 1. The van der Waals surface area contributed by atoms with Gasteiger partial charge in [0.1, 0.15) is 5.75 Å². The van der Waals surface area contributed by atoms with E-state index in [1.165, 1.54) is 33.0 Å². The first kappa shape index (κ1) is 18.6. The van der Waals surface area contributed by atoms with Gasteiger partial charge in [0.2, 0.25) is 0 Å². The maximum absolute atomic E-state index is 13.5. The summed E-state index contributed by atoms with van der Waals surface area (Å²) in [6.45, 7) is 0. The minimum atomic E-state index is 0.0702. The van der Waals surface area contributed by atoms with Gasteiger partial charge in [-0.2, -0.15) is 0 Å². The predicted octanol–water partition coefficient (Wildman–Crippen LogP) is 8.20. The van der Waals surface area contributed by atoms with Crippen molar-refractivity contribution in [3.05, 3.63) is 119 Å². The Hall–Kier alpha value is -4.69. The average molecular weight is 459 g/mol. The number of carbonyl (C=O) groups excluding carboxylic acids is 1. The number of hydrogen-bond acceptors (Lipinski definition) is 2. The molecule has 0 saturated heterocycles. The highest BCUT2D eigenvalue weighted by Gasteiger charge is 2.35. The van der Waals surface area contributed by atoms with Gasteiger partial charge in [-0.3, -0.25) is 4.79 Å². The fourth-order valence-corrected chi connectivity index (χ4v) is 7.07. The van der Waals surface area contributed by atoms with Gasteiger partial charge in [-0.1, -0.05) is 91.0 Å². The highest BCUT2D eigenvalue weighted by Crippen LogP contribution is 2.55. The van der Waals surface area contributed by atoms with E-state index in [2.05, 4.69) is 54.6 Å². The second-order valence-electron chi connectivity index (χ2n) is 10.1. The topological polar surface area (TPSA) is 37.3 Å². The summed E-state index contributed by atoms with van der Waals surface area (Å²) in [5.74, 6) is 0.518. The average Bonchev–Trinajstić information content (AvgIpc) is 2.94. The lowest BCUT2D eigenvalue weighted by Crippen LogP contribution is -2.15. The number of rotatable bonds is 0. The molecule has 3 aliphatic carbocycles. The molecule has 6 aromatic rings. The van der Waals surface area contributed by atoms with Gasteiger partial charge in [0.25, 0.3) is 0 Å². The summed E-state index contributed by atoms with van der Waals surface area (Å²) >= 11 is 0. The molecule has 0 bridgehead atoms. The minimum absolute atomic E-state index is 0.0702. The summed E-state index contributed by atoms with van der Waals surface area (Å²) in [5, 5.41) is 17.8. The molecule has 9 rings (SSSR count). The molecule has 0 saturated carbocycles. The zero-order chi connectivity index (χ0) is 23.7. The van der Waals surface area contributed by atoms with Crippen LogP contribution in [-0.4, -0.2) is 10.9 Å². The number of allylic oxidation sites excluding steroid dienone is 1. The maximum atomic E-state index is 13.5. The van der Waals surface area contributed by atoms with E-state index >= 15 is 0 Å². The number of phenolic OH excluding ortho intramolecular Hbond substituents is 1. The van der Waals surface area contributed by atoms with Crippen LogP contribution in [0.4, 0.5) is 0 Å². The Bertz CT molecular complexity index is 2080. The molecule has 6 aromatic carbocycles. The van der Waals surface area contributed by atoms with Crippen molar-refractivity contribution in [1.82, 2.24) is 0 Å². The molecule has 0 radical (unpaired) electrons. The van der Waals surface area contributed by atoms with Crippen LogP contribution in [0.25, 0.3) is 60.6 Å². The van der Waals surface area contributed by atoms with Crippen LogP contribution in [0.1, 0.15) is 38.5 Å². The van der Waals surface area contributed by atoms with Crippen LogP contribution in [0.3, 0.4) is 0 Å². The Morgan fingerprint density at radius 1 is 0.556 bits per heavy atom. The molecule has 0 aromatic heterocycles. The van der Waals surface area contributed by atoms with Crippen LogP contribution < -0.4 is 0 Å². The number of aromatic hydroxyl groups is 1. The zero-order valence-electron chi connectivity index (χ0n) is 19.2. The Morgan fingerprint density at radius 3 is 2.14 bits per heavy atom. The summed E-state index contributed by atoms with van der Waals surface area (Å²) < 4.78 is 0. The predicted molar refractivity (Wildman–Crippen MR) is 146 cm³/mol. The number of fused-ring (bicyclic) bond motifs is 6. The minimum Gasteiger partial charge on any atom is -0.507 e. The molecule has 2 heteroatoms. The quantitative estimate of drug-likeness (QED) is 0.233. The van der Waals surface area contributed by atoms with Crippen LogP contribution in [0, 0.1) is 0 Å². The van der Waals surface area contributed by atoms with Gasteiger partial charge in [-0.25, -0.2) is 0 Å². The number of carbonyl (C=O) groups is 1. The monoisotopic (exact) mass is 458 g/mol. The van der Waals surface area contributed by atoms with E-state index in [1.807, 2.05) is 42.5 Å². The molecule has 1 unspecified atom stereocenters. The lowest BCUT2D eigenvalue weighted by atomic mass is 9.69. The fraction of sp³-hybridized carbons (Fsp3) is 0.0294. The van der Waals surface area contributed by atoms with Crippen molar-refractivity contribution in [1.29, 1.82) is 0 Å². The van der Waals surface area contributed by atoms with E-state index in [0.717, 1.165) is 49.4 Å². The summed E-state index contributed by atoms with van der Waals surface area (Å²) in [7, 11) is 0. The normalized spacial score (nSPS) is 16.1. The molecule has 3 aliphatic rings. The lowest BCUT2D eigenvalue weighted by molar-refractivity contribution is 0.104. The molecule has 0 fully saturated rings. The molecule has 0 spiro atoms. The SMILES string of the molecule is O=C1c2ccccc2-c2ccc3c4c(ccc1c24)-c1ccc2c4c(c(O)c5ccccc52)C=CC3c14. The van der Waals surface area contributed by atoms with Gasteiger partial charge in [-0.05, 0) is 61.0 Å². The van der Waals surface area contributed by atoms with Crippen molar-refractivity contribution in [2.45, 2.75) is 5.92 Å². The van der Waals surface area contributed by atoms with Gasteiger partial charge in [0, 0.05) is 33.4 Å². The van der Waals surface area contributed by atoms with Crippen LogP contribution in [-0.2, 0) is 0 Å². The van der Waals surface area contributed by atoms with E-state index in [0.29, 0.717) is 5.75 Å². The third kappa shape index (κ3) is 1.97. The number of hydrogen-bond donors (Lipinski definition) is 1. The third-order valence-corrected chi connectivity index (χ3v) is 8.53. The van der Waals surface area contributed by atoms with Crippen molar-refractivity contribution in [3.8, 4) is 28.0 Å². The number of benzene rings is 6. The summed E-state index contributed by atoms with van der Waals surface area (Å²) in [4.78, 5) is 13.5. The Morgan fingerprint density at radius 2 is 1.25 bits per heavy atom. The van der Waals surface area contributed by atoms with E-state index in [9.17, 15) is 9.90 Å². The molecule has 2 nitrogen and oxygen atoms in total. The summed E-state index contributed by atoms with van der Waals surface area (Å²) in [6.07, 6.45) is 4.31. The highest BCUT2D eigenvalue weighted by atomic mass is 16.3. The molecule has 0 heterocycles. The zero-order valence-corrected chi connectivity index (χ0v) is 19.2. The van der Waals surface area contributed by atoms with Crippen molar-refractivity contribution < 1.29 is 9.90 Å². The largest absolute Gasteiger partial charge is 0.507 e. The fourth-order valence-electron chi connectivity index (χ4n) is 7.07. The molecular weight excluding hydrogens is 440 g/mol. The Balaban J connectivity index is 1.47. The Labute approximate surface area is 206 Å².